The van der Waals surface area contributed by atoms with Crippen LogP contribution in [0.1, 0.15) is 23.7 Å². The molecule has 1 aromatic carbocycles. The van der Waals surface area contributed by atoms with Crippen LogP contribution >= 0.6 is 0 Å². The van der Waals surface area contributed by atoms with Crippen LogP contribution in [-0.2, 0) is 19.6 Å². The van der Waals surface area contributed by atoms with Gasteiger partial charge in [-0.05, 0) is 31.2 Å². The number of Topliss-reactive ketones (excluding diaryl/α,β-unsaturated/α-hetero) is 1. The molecule has 0 amide bonds. The molecule has 0 saturated carbocycles. The molecule has 0 spiro atoms. The zero-order chi connectivity index (χ0) is 19.7. The number of hydrogen-bond acceptors (Lipinski definition) is 8. The normalized spacial score (nSPS) is 11.7. The molecule has 1 aromatic rings. The lowest BCUT2D eigenvalue weighted by molar-refractivity contribution is -0.122. The summed E-state index contributed by atoms with van der Waals surface area (Å²) in [6.07, 6.45) is 0.0244. The lowest BCUT2D eigenvalue weighted by Crippen LogP contribution is -2.26. The summed E-state index contributed by atoms with van der Waals surface area (Å²) < 4.78 is 30.9. The van der Waals surface area contributed by atoms with E-state index in [1.165, 1.54) is 31.2 Å². The van der Waals surface area contributed by atoms with Crippen molar-refractivity contribution in [2.45, 2.75) is 18.2 Å². The third-order valence-electron chi connectivity index (χ3n) is 3.16. The van der Waals surface area contributed by atoms with Crippen LogP contribution < -0.4 is 4.72 Å². The largest absolute Gasteiger partial charge is 0.454 e. The first kappa shape index (κ1) is 21.0. The number of esters is 1. The summed E-state index contributed by atoms with van der Waals surface area (Å²) in [6.45, 7) is 0.609. The van der Waals surface area contributed by atoms with Gasteiger partial charge in [0, 0.05) is 18.7 Å². The van der Waals surface area contributed by atoms with Crippen LogP contribution in [0.5, 0.6) is 0 Å². The highest BCUT2D eigenvalue weighted by atomic mass is 32.2. The first-order valence-electron chi connectivity index (χ1n) is 7.34. The number of carbonyl (C=O) groups excluding carboxylic acids is 2. The van der Waals surface area contributed by atoms with Crippen LogP contribution in [-0.4, -0.2) is 39.0 Å². The third-order valence-corrected chi connectivity index (χ3v) is 4.64. The second-order valence-corrected chi connectivity index (χ2v) is 6.88. The van der Waals surface area contributed by atoms with Crippen molar-refractivity contribution >= 4 is 27.5 Å². The van der Waals surface area contributed by atoms with E-state index in [-0.39, 0.29) is 29.1 Å². The number of hydrogen-bond donors (Lipinski definition) is 2. The van der Waals surface area contributed by atoms with Gasteiger partial charge in [-0.1, -0.05) is 0 Å². The molecule has 0 heterocycles. The number of nitrogens with one attached hydrogen (secondary N) is 2. The summed E-state index contributed by atoms with van der Waals surface area (Å²) in [7, 11) is -3.79. The van der Waals surface area contributed by atoms with Gasteiger partial charge in [0.25, 0.3) is 0 Å². The molecule has 0 aliphatic heterocycles. The standard InChI is InChI=1S/C16H16N4O5S/c1-11(19)14(9-18)15(21)10-25-16(22)12-3-5-13(6-4-12)26(23,24)20-8-2-7-17/h3-6,14,19-20H,2,8,10H2,1H3. The molecule has 0 bridgehead atoms. The van der Waals surface area contributed by atoms with E-state index in [0.717, 1.165) is 0 Å². The number of ketones is 1. The minimum atomic E-state index is -3.79. The maximum absolute atomic E-state index is 11.9. The Morgan fingerprint density at radius 1 is 1.27 bits per heavy atom. The highest BCUT2D eigenvalue weighted by Crippen LogP contribution is 2.12. The van der Waals surface area contributed by atoms with Gasteiger partial charge in [-0.3, -0.25) is 4.79 Å². The monoisotopic (exact) mass is 376 g/mol. The number of rotatable bonds is 9. The Labute approximate surface area is 150 Å². The Morgan fingerprint density at radius 3 is 2.38 bits per heavy atom. The van der Waals surface area contributed by atoms with Gasteiger partial charge in [-0.15, -0.1) is 0 Å². The molecule has 136 valence electrons. The summed E-state index contributed by atoms with van der Waals surface area (Å²) in [6, 6.07) is 8.27. The zero-order valence-electron chi connectivity index (χ0n) is 13.9. The number of ether oxygens (including phenoxy) is 1. The van der Waals surface area contributed by atoms with Gasteiger partial charge in [0.2, 0.25) is 10.0 Å². The first-order chi connectivity index (χ1) is 12.2. The van der Waals surface area contributed by atoms with Crippen molar-refractivity contribution in [1.29, 1.82) is 15.9 Å². The predicted molar refractivity (Wildman–Crippen MR) is 89.7 cm³/mol. The molecule has 0 aromatic heterocycles. The van der Waals surface area contributed by atoms with E-state index in [1.54, 1.807) is 6.07 Å². The Hall–Kier alpha value is -3.08. The molecule has 1 unspecified atom stereocenters. The second-order valence-electron chi connectivity index (χ2n) is 5.12. The average molecular weight is 376 g/mol. The number of carbonyl (C=O) groups is 2. The van der Waals surface area contributed by atoms with Crippen LogP contribution in [0.2, 0.25) is 0 Å². The van der Waals surface area contributed by atoms with E-state index < -0.39 is 34.3 Å². The average Bonchev–Trinajstić information content (AvgIpc) is 2.60. The topological polar surface area (TPSA) is 161 Å². The lowest BCUT2D eigenvalue weighted by atomic mass is 10.0. The Morgan fingerprint density at radius 2 is 1.88 bits per heavy atom. The number of sulfonamides is 1. The molecule has 0 aliphatic rings. The summed E-state index contributed by atoms with van der Waals surface area (Å²) in [5.74, 6) is -2.84. The van der Waals surface area contributed by atoms with Gasteiger partial charge in [0.15, 0.2) is 12.4 Å². The van der Waals surface area contributed by atoms with E-state index in [0.29, 0.717) is 0 Å². The SMILES string of the molecule is CC(=N)C(C#N)C(=O)COC(=O)c1ccc(S(=O)(=O)NCCC#N)cc1. The molecular formula is C16H16N4O5S. The van der Waals surface area contributed by atoms with E-state index in [1.807, 2.05) is 6.07 Å². The van der Waals surface area contributed by atoms with Crippen molar-refractivity contribution in [3.05, 3.63) is 29.8 Å². The molecule has 1 atom stereocenters. The van der Waals surface area contributed by atoms with Crippen LogP contribution in [0.25, 0.3) is 0 Å². The van der Waals surface area contributed by atoms with E-state index in [9.17, 15) is 18.0 Å². The number of nitrogens with zero attached hydrogens (tertiary/aromatic N) is 2. The Kier molecular flexibility index (Phi) is 7.59. The summed E-state index contributed by atoms with van der Waals surface area (Å²) in [5, 5.41) is 24.5. The molecule has 0 radical (unpaired) electrons. The van der Waals surface area contributed by atoms with Crippen molar-refractivity contribution in [2.24, 2.45) is 5.92 Å². The van der Waals surface area contributed by atoms with Crippen molar-refractivity contribution in [1.82, 2.24) is 4.72 Å². The summed E-state index contributed by atoms with van der Waals surface area (Å²) in [5.41, 5.74) is -0.124. The number of benzene rings is 1. The summed E-state index contributed by atoms with van der Waals surface area (Å²) >= 11 is 0. The number of nitriles is 2. The van der Waals surface area contributed by atoms with Gasteiger partial charge in [0.1, 0.15) is 5.92 Å². The molecule has 0 aliphatic carbocycles. The van der Waals surface area contributed by atoms with Gasteiger partial charge < -0.3 is 10.1 Å². The smallest absolute Gasteiger partial charge is 0.338 e. The van der Waals surface area contributed by atoms with Crippen LogP contribution in [0.4, 0.5) is 0 Å². The van der Waals surface area contributed by atoms with E-state index in [2.05, 4.69) is 4.72 Å². The molecular weight excluding hydrogens is 360 g/mol. The molecule has 10 heteroatoms. The Bertz CT molecular complexity index is 879. The lowest BCUT2D eigenvalue weighted by Gasteiger charge is -2.08. The third kappa shape index (κ3) is 5.77. The van der Waals surface area contributed by atoms with E-state index >= 15 is 0 Å². The minimum absolute atomic E-state index is 0.0221. The van der Waals surface area contributed by atoms with Crippen molar-refractivity contribution in [3.63, 3.8) is 0 Å². The van der Waals surface area contributed by atoms with Crippen LogP contribution in [0, 0.1) is 34.0 Å². The van der Waals surface area contributed by atoms with Crippen molar-refractivity contribution in [3.8, 4) is 12.1 Å². The van der Waals surface area contributed by atoms with E-state index in [4.69, 9.17) is 20.7 Å². The first-order valence-corrected chi connectivity index (χ1v) is 8.82. The van der Waals surface area contributed by atoms with Gasteiger partial charge >= 0.3 is 5.97 Å². The molecule has 0 fully saturated rings. The van der Waals surface area contributed by atoms with Crippen molar-refractivity contribution < 1.29 is 22.7 Å². The quantitative estimate of drug-likeness (QED) is 0.365. The second kappa shape index (κ2) is 9.42. The maximum Gasteiger partial charge on any atom is 0.338 e. The minimum Gasteiger partial charge on any atom is -0.454 e. The maximum atomic E-state index is 11.9. The summed E-state index contributed by atoms with van der Waals surface area (Å²) in [4.78, 5) is 23.5. The molecule has 26 heavy (non-hydrogen) atoms. The molecule has 9 nitrogen and oxygen atoms in total. The van der Waals surface area contributed by atoms with Crippen molar-refractivity contribution in [2.75, 3.05) is 13.2 Å². The predicted octanol–water partition coefficient (Wildman–Crippen LogP) is 0.784. The molecule has 2 N–H and O–H groups in total. The van der Waals surface area contributed by atoms with Gasteiger partial charge in [-0.25, -0.2) is 17.9 Å². The molecule has 0 saturated heterocycles. The fourth-order valence-corrected chi connectivity index (χ4v) is 2.84. The highest BCUT2D eigenvalue weighted by Gasteiger charge is 2.22. The van der Waals surface area contributed by atoms with Crippen LogP contribution in [0.3, 0.4) is 0 Å². The fraction of sp³-hybridized carbons (Fsp3) is 0.312. The van der Waals surface area contributed by atoms with Gasteiger partial charge in [0.05, 0.1) is 22.6 Å². The Balaban J connectivity index is 2.73. The fourth-order valence-electron chi connectivity index (χ4n) is 1.81. The van der Waals surface area contributed by atoms with Gasteiger partial charge in [-0.2, -0.15) is 10.5 Å². The highest BCUT2D eigenvalue weighted by molar-refractivity contribution is 7.89. The van der Waals surface area contributed by atoms with Crippen LogP contribution in [0.15, 0.2) is 29.2 Å². The molecule has 1 rings (SSSR count). The zero-order valence-corrected chi connectivity index (χ0v) is 14.7.